The van der Waals surface area contributed by atoms with Crippen molar-refractivity contribution < 1.29 is 8.42 Å². The molecule has 0 spiro atoms. The van der Waals surface area contributed by atoms with Crippen LogP contribution in [0.3, 0.4) is 0 Å². The molecule has 6 heteroatoms. The van der Waals surface area contributed by atoms with Gasteiger partial charge in [0, 0.05) is 17.5 Å². The molecular weight excluding hydrogens is 304 g/mol. The van der Waals surface area contributed by atoms with Gasteiger partial charge in [0.25, 0.3) is 0 Å². The first-order valence-electron chi connectivity index (χ1n) is 7.18. The van der Waals surface area contributed by atoms with E-state index in [2.05, 4.69) is 48.9 Å². The Labute approximate surface area is 130 Å². The van der Waals surface area contributed by atoms with Gasteiger partial charge in [-0.25, -0.2) is 8.42 Å². The number of rotatable bonds is 2. The van der Waals surface area contributed by atoms with Crippen LogP contribution in [0.1, 0.15) is 18.1 Å². The second-order valence-corrected chi connectivity index (χ2v) is 9.16. The summed E-state index contributed by atoms with van der Waals surface area (Å²) in [6.45, 7) is 7.12. The zero-order valence-electron chi connectivity index (χ0n) is 12.5. The van der Waals surface area contributed by atoms with Crippen LogP contribution in [0.25, 0.3) is 0 Å². The Balaban J connectivity index is 1.89. The van der Waals surface area contributed by atoms with Crippen molar-refractivity contribution in [2.75, 3.05) is 23.0 Å². The van der Waals surface area contributed by atoms with Gasteiger partial charge in [0.05, 0.1) is 17.5 Å². The highest BCUT2D eigenvalue weighted by molar-refractivity contribution is 8.15. The van der Waals surface area contributed by atoms with Crippen LogP contribution in [0, 0.1) is 13.8 Å². The molecule has 2 aliphatic heterocycles. The van der Waals surface area contributed by atoms with E-state index >= 15 is 0 Å². The molecule has 114 valence electrons. The summed E-state index contributed by atoms with van der Waals surface area (Å²) in [4.78, 5) is 6.87. The molecule has 0 N–H and O–H groups in total. The van der Waals surface area contributed by atoms with E-state index < -0.39 is 9.84 Å². The second-order valence-electron chi connectivity index (χ2n) is 5.80. The molecule has 21 heavy (non-hydrogen) atoms. The number of benzene rings is 1. The number of amidine groups is 1. The van der Waals surface area contributed by atoms with Crippen LogP contribution < -0.4 is 4.90 Å². The first-order chi connectivity index (χ1) is 9.88. The summed E-state index contributed by atoms with van der Waals surface area (Å²) < 4.78 is 23.3. The molecule has 1 saturated heterocycles. The monoisotopic (exact) mass is 324 g/mol. The maximum Gasteiger partial charge on any atom is 0.164 e. The summed E-state index contributed by atoms with van der Waals surface area (Å²) >= 11 is 1.62. The molecule has 0 bridgehead atoms. The molecule has 1 aromatic rings. The molecule has 0 aromatic heterocycles. The molecule has 0 radical (unpaired) electrons. The third-order valence-electron chi connectivity index (χ3n) is 3.87. The lowest BCUT2D eigenvalue weighted by atomic mass is 10.1. The Hall–Kier alpha value is -1.01. The van der Waals surface area contributed by atoms with Crippen molar-refractivity contribution in [2.24, 2.45) is 4.99 Å². The lowest BCUT2D eigenvalue weighted by molar-refractivity contribution is 0.601. The van der Waals surface area contributed by atoms with E-state index in [9.17, 15) is 8.42 Å². The number of thioether (sulfide) groups is 1. The molecule has 2 heterocycles. The summed E-state index contributed by atoms with van der Waals surface area (Å²) in [5.74, 6) is 0.471. The fraction of sp³-hybridized carbons (Fsp3) is 0.533. The Morgan fingerprint density at radius 1 is 1.24 bits per heavy atom. The average Bonchev–Trinajstić information content (AvgIpc) is 2.82. The Kier molecular flexibility index (Phi) is 3.78. The van der Waals surface area contributed by atoms with Crippen molar-refractivity contribution in [1.82, 2.24) is 0 Å². The highest BCUT2D eigenvalue weighted by Crippen LogP contribution is 2.36. The van der Waals surface area contributed by atoms with E-state index in [1.54, 1.807) is 11.8 Å². The van der Waals surface area contributed by atoms with Crippen LogP contribution in [-0.4, -0.2) is 42.9 Å². The van der Waals surface area contributed by atoms with Crippen LogP contribution in [0.4, 0.5) is 5.69 Å². The van der Waals surface area contributed by atoms with Gasteiger partial charge in [-0.05, 0) is 44.0 Å². The highest BCUT2D eigenvalue weighted by Gasteiger charge is 2.43. The quantitative estimate of drug-likeness (QED) is 0.838. The van der Waals surface area contributed by atoms with Crippen LogP contribution in [0.15, 0.2) is 23.2 Å². The third-order valence-corrected chi connectivity index (χ3v) is 7.12. The van der Waals surface area contributed by atoms with Gasteiger partial charge in [-0.3, -0.25) is 4.99 Å². The first-order valence-corrected chi connectivity index (χ1v) is 9.89. The fourth-order valence-corrected chi connectivity index (χ4v) is 6.85. The summed E-state index contributed by atoms with van der Waals surface area (Å²) in [5.41, 5.74) is 3.61. The van der Waals surface area contributed by atoms with Crippen LogP contribution >= 0.6 is 11.8 Å². The minimum absolute atomic E-state index is 0.0602. The summed E-state index contributed by atoms with van der Waals surface area (Å²) in [7, 11) is -2.89. The van der Waals surface area contributed by atoms with Crippen molar-refractivity contribution in [3.63, 3.8) is 0 Å². The average molecular weight is 324 g/mol. The molecule has 1 aromatic carbocycles. The minimum atomic E-state index is -2.89. The molecule has 1 fully saturated rings. The normalized spacial score (nSPS) is 26.5. The van der Waals surface area contributed by atoms with Gasteiger partial charge in [0.15, 0.2) is 15.0 Å². The molecule has 0 saturated carbocycles. The SMILES string of the molecule is CCN(C1=NC2CS(=O)(=O)CC2S1)c1cc(C)cc(C)c1. The van der Waals surface area contributed by atoms with Crippen molar-refractivity contribution in [1.29, 1.82) is 0 Å². The van der Waals surface area contributed by atoms with E-state index in [1.807, 2.05) is 0 Å². The van der Waals surface area contributed by atoms with Gasteiger partial charge in [0.1, 0.15) is 0 Å². The second kappa shape index (κ2) is 5.32. The smallest absolute Gasteiger partial charge is 0.164 e. The van der Waals surface area contributed by atoms with E-state index in [1.165, 1.54) is 11.1 Å². The number of nitrogens with zero attached hydrogens (tertiary/aromatic N) is 2. The number of fused-ring (bicyclic) bond motifs is 1. The summed E-state index contributed by atoms with van der Waals surface area (Å²) in [5, 5.41) is 1.07. The van der Waals surface area contributed by atoms with Crippen molar-refractivity contribution in [3.05, 3.63) is 29.3 Å². The lowest BCUT2D eigenvalue weighted by Gasteiger charge is -2.23. The minimum Gasteiger partial charge on any atom is -0.321 e. The number of hydrogen-bond donors (Lipinski definition) is 0. The first kappa shape index (κ1) is 14.9. The largest absolute Gasteiger partial charge is 0.321 e. The molecule has 2 atom stereocenters. The number of aliphatic imine (C=N–C) groups is 1. The Morgan fingerprint density at radius 2 is 1.90 bits per heavy atom. The number of sulfone groups is 1. The van der Waals surface area contributed by atoms with Gasteiger partial charge in [-0.15, -0.1) is 0 Å². The maximum atomic E-state index is 11.7. The van der Waals surface area contributed by atoms with Gasteiger partial charge < -0.3 is 4.90 Å². The molecule has 0 amide bonds. The van der Waals surface area contributed by atoms with E-state index in [0.29, 0.717) is 0 Å². The molecule has 2 unspecified atom stereocenters. The van der Waals surface area contributed by atoms with Crippen molar-refractivity contribution >= 4 is 32.5 Å². The topological polar surface area (TPSA) is 49.7 Å². The Bertz CT molecular complexity index is 677. The highest BCUT2D eigenvalue weighted by atomic mass is 32.2. The van der Waals surface area contributed by atoms with Gasteiger partial charge in [0.2, 0.25) is 0 Å². The van der Waals surface area contributed by atoms with E-state index in [0.717, 1.165) is 17.4 Å². The van der Waals surface area contributed by atoms with Crippen molar-refractivity contribution in [2.45, 2.75) is 32.1 Å². The number of anilines is 1. The molecule has 0 aliphatic carbocycles. The predicted octanol–water partition coefficient (Wildman–Crippen LogP) is 2.40. The summed E-state index contributed by atoms with van der Waals surface area (Å²) in [6.07, 6.45) is 0. The molecule has 4 nitrogen and oxygen atoms in total. The zero-order chi connectivity index (χ0) is 15.2. The Morgan fingerprint density at radius 3 is 2.48 bits per heavy atom. The lowest BCUT2D eigenvalue weighted by Crippen LogP contribution is -2.28. The van der Waals surface area contributed by atoms with Crippen molar-refractivity contribution in [3.8, 4) is 0 Å². The van der Waals surface area contributed by atoms with Crippen LogP contribution in [-0.2, 0) is 9.84 Å². The molecule has 2 aliphatic rings. The van der Waals surface area contributed by atoms with E-state index in [4.69, 9.17) is 0 Å². The predicted molar refractivity (Wildman–Crippen MR) is 90.2 cm³/mol. The van der Waals surface area contributed by atoms with Gasteiger partial charge in [-0.2, -0.15) is 0 Å². The van der Waals surface area contributed by atoms with Crippen LogP contribution in [0.5, 0.6) is 0 Å². The van der Waals surface area contributed by atoms with E-state index in [-0.39, 0.29) is 22.8 Å². The zero-order valence-corrected chi connectivity index (χ0v) is 14.2. The molecular formula is C15H20N2O2S2. The third kappa shape index (κ3) is 2.97. The van der Waals surface area contributed by atoms with Crippen LogP contribution in [0.2, 0.25) is 0 Å². The van der Waals surface area contributed by atoms with Gasteiger partial charge in [-0.1, -0.05) is 17.8 Å². The summed E-state index contributed by atoms with van der Waals surface area (Å²) in [6, 6.07) is 6.41. The maximum absolute atomic E-state index is 11.7. The standard InChI is InChI=1S/C15H20N2O2S2/c1-4-17(12-6-10(2)5-11(3)7-12)15-16-13-8-21(18,19)9-14(13)20-15/h5-7,13-14H,4,8-9H2,1-3H3. The number of hydrogen-bond acceptors (Lipinski definition) is 5. The molecule has 3 rings (SSSR count). The fourth-order valence-electron chi connectivity index (χ4n) is 3.01. The van der Waals surface area contributed by atoms with Gasteiger partial charge >= 0.3 is 0 Å². The number of aryl methyl sites for hydroxylation is 2.